The molecule has 156 valence electrons. The zero-order chi connectivity index (χ0) is 21.6. The number of rotatable bonds is 2. The normalized spacial score (nSPS) is 16.3. The summed E-state index contributed by atoms with van der Waals surface area (Å²) in [6, 6.07) is 6.63. The number of aromatic nitrogens is 2. The second-order valence-corrected chi connectivity index (χ2v) is 7.01. The minimum atomic E-state index is -1.47. The molecule has 0 saturated carbocycles. The molecule has 4 heterocycles. The van der Waals surface area contributed by atoms with Crippen molar-refractivity contribution in [1.82, 2.24) is 14.9 Å². The number of aromatic hydroxyl groups is 1. The number of esters is 1. The fourth-order valence-corrected chi connectivity index (χ4v) is 4.08. The highest BCUT2D eigenvalue weighted by molar-refractivity contribution is 5.89. The van der Waals surface area contributed by atoms with Crippen molar-refractivity contribution >= 4 is 16.9 Å². The number of carbonyl (C=O) groups is 1. The van der Waals surface area contributed by atoms with Crippen LogP contribution < -0.4 is 10.9 Å². The molecule has 0 bridgehead atoms. The molecule has 3 aromatic rings. The molecular weight excluding hydrogens is 386 g/mol. The summed E-state index contributed by atoms with van der Waals surface area (Å²) in [5.74, 6) is -0.610. The van der Waals surface area contributed by atoms with E-state index in [-0.39, 0.29) is 23.5 Å². The van der Waals surface area contributed by atoms with Crippen molar-refractivity contribution in [2.24, 2.45) is 0 Å². The molecule has 0 spiro atoms. The monoisotopic (exact) mass is 409 g/mol. The Morgan fingerprint density at radius 1 is 1.23 bits per heavy atom. The Kier molecular flexibility index (Phi) is 5.05. The Hall–Kier alpha value is -3.23. The van der Waals surface area contributed by atoms with E-state index >= 15 is 0 Å². The highest BCUT2D eigenvalue weighted by atomic mass is 16.5. The lowest BCUT2D eigenvalue weighted by Gasteiger charge is -2.21. The van der Waals surface area contributed by atoms with E-state index in [0.717, 1.165) is 16.5 Å². The molecule has 1 aromatic carbocycles. The van der Waals surface area contributed by atoms with Crippen LogP contribution in [0.5, 0.6) is 5.75 Å². The molecule has 30 heavy (non-hydrogen) atoms. The first-order chi connectivity index (χ1) is 14.5. The van der Waals surface area contributed by atoms with Crippen molar-refractivity contribution < 1.29 is 19.7 Å². The summed E-state index contributed by atoms with van der Waals surface area (Å²) in [5.41, 5.74) is 4.03. The second kappa shape index (κ2) is 7.55. The van der Waals surface area contributed by atoms with Crippen molar-refractivity contribution in [3.05, 3.63) is 56.9 Å². The SMILES string of the molecule is CC.CNCc1c2c(nc3ccc(O)cc13)-c1cc3c(c(=O)n1C2)COC(=O)C3O. The van der Waals surface area contributed by atoms with Gasteiger partial charge in [0, 0.05) is 23.1 Å². The van der Waals surface area contributed by atoms with Crippen LogP contribution in [0.3, 0.4) is 0 Å². The molecule has 3 N–H and O–H groups in total. The van der Waals surface area contributed by atoms with Crippen LogP contribution in [0.1, 0.15) is 42.2 Å². The maximum atomic E-state index is 13.0. The quantitative estimate of drug-likeness (QED) is 0.434. The molecule has 0 radical (unpaired) electrons. The number of nitrogens with zero attached hydrogens (tertiary/aromatic N) is 2. The van der Waals surface area contributed by atoms with Gasteiger partial charge < -0.3 is 24.8 Å². The number of aliphatic hydroxyl groups is 1. The lowest BCUT2D eigenvalue weighted by molar-refractivity contribution is -0.157. The Bertz CT molecular complexity index is 1230. The fourth-order valence-electron chi connectivity index (χ4n) is 4.08. The molecule has 0 fully saturated rings. The Labute approximate surface area is 172 Å². The number of benzene rings is 1. The number of phenols is 1. The minimum absolute atomic E-state index is 0.146. The average Bonchev–Trinajstić information content (AvgIpc) is 3.12. The number of fused-ring (bicyclic) bond motifs is 5. The summed E-state index contributed by atoms with van der Waals surface area (Å²) in [5, 5.41) is 24.1. The molecular formula is C22H23N3O5. The van der Waals surface area contributed by atoms with Gasteiger partial charge in [0.05, 0.1) is 29.0 Å². The molecule has 0 aliphatic carbocycles. The molecule has 8 heteroatoms. The number of ether oxygens (including phenoxy) is 1. The Morgan fingerprint density at radius 3 is 2.73 bits per heavy atom. The summed E-state index contributed by atoms with van der Waals surface area (Å²) < 4.78 is 6.51. The summed E-state index contributed by atoms with van der Waals surface area (Å²) in [7, 11) is 1.83. The third kappa shape index (κ3) is 2.88. The highest BCUT2D eigenvalue weighted by Crippen LogP contribution is 2.38. The van der Waals surface area contributed by atoms with Gasteiger partial charge >= 0.3 is 5.97 Å². The van der Waals surface area contributed by atoms with Gasteiger partial charge in [-0.25, -0.2) is 9.78 Å². The van der Waals surface area contributed by atoms with Gasteiger partial charge in [0.2, 0.25) is 0 Å². The number of hydrogen-bond acceptors (Lipinski definition) is 7. The van der Waals surface area contributed by atoms with Crippen LogP contribution in [0.15, 0.2) is 29.1 Å². The molecule has 5 rings (SSSR count). The average molecular weight is 409 g/mol. The maximum Gasteiger partial charge on any atom is 0.340 e. The lowest BCUT2D eigenvalue weighted by Crippen LogP contribution is -2.32. The van der Waals surface area contributed by atoms with Crippen molar-refractivity contribution in [2.75, 3.05) is 7.05 Å². The van der Waals surface area contributed by atoms with Gasteiger partial charge in [-0.15, -0.1) is 0 Å². The van der Waals surface area contributed by atoms with Crippen LogP contribution in [0, 0.1) is 0 Å². The van der Waals surface area contributed by atoms with E-state index < -0.39 is 12.1 Å². The van der Waals surface area contributed by atoms with E-state index in [1.54, 1.807) is 28.8 Å². The summed E-state index contributed by atoms with van der Waals surface area (Å²) in [6.45, 7) is 4.72. The van der Waals surface area contributed by atoms with Crippen LogP contribution in [0.25, 0.3) is 22.3 Å². The van der Waals surface area contributed by atoms with Crippen molar-refractivity contribution in [3.8, 4) is 17.1 Å². The molecule has 2 aromatic heterocycles. The van der Waals surface area contributed by atoms with Gasteiger partial charge in [-0.3, -0.25) is 4.79 Å². The van der Waals surface area contributed by atoms with Gasteiger partial charge in [-0.05, 0) is 36.9 Å². The minimum Gasteiger partial charge on any atom is -0.508 e. The first kappa shape index (κ1) is 20.1. The van der Waals surface area contributed by atoms with E-state index in [9.17, 15) is 19.8 Å². The van der Waals surface area contributed by atoms with E-state index in [1.165, 1.54) is 0 Å². The number of carbonyl (C=O) groups excluding carboxylic acids is 1. The van der Waals surface area contributed by atoms with E-state index in [0.29, 0.717) is 35.6 Å². The Balaban J connectivity index is 0.00000106. The third-order valence-electron chi connectivity index (χ3n) is 5.41. The van der Waals surface area contributed by atoms with Gasteiger partial charge in [0.25, 0.3) is 5.56 Å². The van der Waals surface area contributed by atoms with Gasteiger partial charge in [0.1, 0.15) is 12.4 Å². The number of nitrogens with one attached hydrogen (secondary N) is 1. The predicted octanol–water partition coefficient (Wildman–Crippen LogP) is 1.97. The first-order valence-corrected chi connectivity index (χ1v) is 9.90. The largest absolute Gasteiger partial charge is 0.508 e. The summed E-state index contributed by atoms with van der Waals surface area (Å²) in [4.78, 5) is 29.5. The molecule has 2 aliphatic rings. The lowest BCUT2D eigenvalue weighted by atomic mass is 9.98. The zero-order valence-electron chi connectivity index (χ0n) is 17.0. The van der Waals surface area contributed by atoms with Gasteiger partial charge in [0.15, 0.2) is 6.10 Å². The number of aliphatic hydroxyl groups excluding tert-OH is 1. The smallest absolute Gasteiger partial charge is 0.340 e. The third-order valence-corrected chi connectivity index (χ3v) is 5.41. The van der Waals surface area contributed by atoms with E-state index in [4.69, 9.17) is 9.72 Å². The summed E-state index contributed by atoms with van der Waals surface area (Å²) in [6.07, 6.45) is -1.47. The van der Waals surface area contributed by atoms with Gasteiger partial charge in [-0.1, -0.05) is 13.8 Å². The Morgan fingerprint density at radius 2 is 2.00 bits per heavy atom. The van der Waals surface area contributed by atoms with Gasteiger partial charge in [-0.2, -0.15) is 0 Å². The van der Waals surface area contributed by atoms with E-state index in [1.807, 2.05) is 20.9 Å². The van der Waals surface area contributed by atoms with Crippen molar-refractivity contribution in [2.45, 2.75) is 39.6 Å². The van der Waals surface area contributed by atoms with Crippen LogP contribution in [-0.2, 0) is 29.2 Å². The zero-order valence-corrected chi connectivity index (χ0v) is 17.0. The maximum absolute atomic E-state index is 13.0. The molecule has 8 nitrogen and oxygen atoms in total. The first-order valence-electron chi connectivity index (χ1n) is 9.90. The number of cyclic esters (lactones) is 1. The molecule has 2 aliphatic heterocycles. The summed E-state index contributed by atoms with van der Waals surface area (Å²) >= 11 is 0. The topological polar surface area (TPSA) is 114 Å². The number of hydrogen-bond donors (Lipinski definition) is 3. The predicted molar refractivity (Wildman–Crippen MR) is 111 cm³/mol. The molecule has 1 unspecified atom stereocenters. The number of phenolic OH excluding ortho intramolecular Hbond substituents is 1. The number of pyridine rings is 2. The molecule has 0 saturated heterocycles. The molecule has 1 atom stereocenters. The van der Waals surface area contributed by atoms with Crippen molar-refractivity contribution in [1.29, 1.82) is 0 Å². The van der Waals surface area contributed by atoms with Crippen molar-refractivity contribution in [3.63, 3.8) is 0 Å². The van der Waals surface area contributed by atoms with Crippen LogP contribution in [0.4, 0.5) is 0 Å². The fraction of sp³-hybridized carbons (Fsp3) is 0.318. The van der Waals surface area contributed by atoms with Crippen LogP contribution in [0.2, 0.25) is 0 Å². The highest BCUT2D eigenvalue weighted by Gasteiger charge is 2.34. The standard InChI is InChI=1S/C20H17N3O5.C2H6/c1-21-6-12-10-4-9(24)2-3-15(10)22-17-13(12)7-23-16(17)5-11-14(19(23)26)8-28-20(27)18(11)25;1-2/h2-5,18,21,24-25H,6-8H2,1H3;1-2H3. The van der Waals surface area contributed by atoms with E-state index in [2.05, 4.69) is 5.32 Å². The van der Waals surface area contributed by atoms with Crippen LogP contribution >= 0.6 is 0 Å². The molecule has 0 amide bonds. The second-order valence-electron chi connectivity index (χ2n) is 7.01. The van der Waals surface area contributed by atoms with Crippen LogP contribution in [-0.4, -0.2) is 32.8 Å².